The normalized spacial score (nSPS) is 12.1. The van der Waals surface area contributed by atoms with Crippen molar-refractivity contribution in [3.63, 3.8) is 0 Å². The summed E-state index contributed by atoms with van der Waals surface area (Å²) >= 11 is 0. The Kier molecular flexibility index (Phi) is 5.96. The molecule has 1 unspecified atom stereocenters. The van der Waals surface area contributed by atoms with Crippen LogP contribution in [-0.4, -0.2) is 35.6 Å². The van der Waals surface area contributed by atoms with Crippen LogP contribution >= 0.6 is 0 Å². The largest absolute Gasteiger partial charge is 0.481 e. The molecule has 0 spiro atoms. The van der Waals surface area contributed by atoms with E-state index in [-0.39, 0.29) is 0 Å². The topological polar surface area (TPSA) is 40.5 Å². The minimum absolute atomic E-state index is 0.394. The van der Waals surface area contributed by atoms with Crippen LogP contribution in [-0.2, 0) is 11.2 Å². The molecule has 1 aromatic rings. The molecule has 0 aliphatic heterocycles. The standard InChI is InChI=1S/C15H19NO2/c1-3-10-16(12-13(2)15(17)18)11-9-14-7-5-4-6-8-14/h1,4-8,13H,9-12H2,2H3,(H,17,18). The molecule has 0 fully saturated rings. The summed E-state index contributed by atoms with van der Waals surface area (Å²) < 4.78 is 0. The van der Waals surface area contributed by atoms with E-state index in [1.165, 1.54) is 5.56 Å². The van der Waals surface area contributed by atoms with Crippen molar-refractivity contribution in [1.82, 2.24) is 4.90 Å². The van der Waals surface area contributed by atoms with E-state index in [4.69, 9.17) is 11.5 Å². The van der Waals surface area contributed by atoms with E-state index in [1.807, 2.05) is 23.1 Å². The van der Waals surface area contributed by atoms with Gasteiger partial charge in [0.25, 0.3) is 0 Å². The Hall–Kier alpha value is -1.79. The number of carboxylic acids is 1. The van der Waals surface area contributed by atoms with Crippen molar-refractivity contribution in [3.05, 3.63) is 35.9 Å². The van der Waals surface area contributed by atoms with Gasteiger partial charge in [-0.25, -0.2) is 0 Å². The van der Waals surface area contributed by atoms with E-state index >= 15 is 0 Å². The smallest absolute Gasteiger partial charge is 0.307 e. The van der Waals surface area contributed by atoms with Gasteiger partial charge in [0.05, 0.1) is 12.5 Å². The van der Waals surface area contributed by atoms with E-state index in [0.717, 1.165) is 13.0 Å². The first-order valence-corrected chi connectivity index (χ1v) is 6.06. The lowest BCUT2D eigenvalue weighted by Crippen LogP contribution is -2.33. The van der Waals surface area contributed by atoms with Crippen molar-refractivity contribution in [2.75, 3.05) is 19.6 Å². The van der Waals surface area contributed by atoms with E-state index in [1.54, 1.807) is 6.92 Å². The van der Waals surface area contributed by atoms with Gasteiger partial charge in [0, 0.05) is 13.1 Å². The number of terminal acetylenes is 1. The highest BCUT2D eigenvalue weighted by Gasteiger charge is 2.15. The second-order valence-corrected chi connectivity index (χ2v) is 4.41. The summed E-state index contributed by atoms with van der Waals surface area (Å²) in [6.45, 7) is 3.47. The molecule has 1 atom stereocenters. The summed E-state index contributed by atoms with van der Waals surface area (Å²) in [5.41, 5.74) is 1.24. The van der Waals surface area contributed by atoms with Crippen LogP contribution in [0.25, 0.3) is 0 Å². The lowest BCUT2D eigenvalue weighted by Gasteiger charge is -2.21. The maximum Gasteiger partial charge on any atom is 0.307 e. The first-order valence-electron chi connectivity index (χ1n) is 6.06. The highest BCUT2D eigenvalue weighted by atomic mass is 16.4. The first kappa shape index (κ1) is 14.3. The SMILES string of the molecule is C#CCN(CCc1ccccc1)CC(C)C(=O)O. The number of nitrogens with zero attached hydrogens (tertiary/aromatic N) is 1. The zero-order valence-electron chi connectivity index (χ0n) is 10.7. The Balaban J connectivity index is 2.48. The van der Waals surface area contributed by atoms with Crippen molar-refractivity contribution < 1.29 is 9.90 Å². The Morgan fingerprint density at radius 3 is 2.67 bits per heavy atom. The van der Waals surface area contributed by atoms with Gasteiger partial charge in [-0.05, 0) is 12.0 Å². The van der Waals surface area contributed by atoms with Gasteiger partial charge in [-0.15, -0.1) is 6.42 Å². The van der Waals surface area contributed by atoms with Gasteiger partial charge in [0.2, 0.25) is 0 Å². The van der Waals surface area contributed by atoms with E-state index in [9.17, 15) is 4.79 Å². The number of benzene rings is 1. The van der Waals surface area contributed by atoms with Crippen LogP contribution in [0, 0.1) is 18.3 Å². The molecule has 18 heavy (non-hydrogen) atoms. The van der Waals surface area contributed by atoms with Crippen LogP contribution in [0.4, 0.5) is 0 Å². The fourth-order valence-corrected chi connectivity index (χ4v) is 1.76. The number of aliphatic carboxylic acids is 1. The molecule has 0 aromatic heterocycles. The third kappa shape index (κ3) is 5.03. The number of hydrogen-bond donors (Lipinski definition) is 1. The van der Waals surface area contributed by atoms with Gasteiger partial charge in [0.15, 0.2) is 0 Å². The Morgan fingerprint density at radius 1 is 1.44 bits per heavy atom. The molecular weight excluding hydrogens is 226 g/mol. The second kappa shape index (κ2) is 7.52. The third-order valence-electron chi connectivity index (χ3n) is 2.83. The summed E-state index contributed by atoms with van der Waals surface area (Å²) in [6, 6.07) is 10.1. The molecule has 0 aliphatic rings. The number of carboxylic acid groups (broad SMARTS) is 1. The average molecular weight is 245 g/mol. The number of hydrogen-bond acceptors (Lipinski definition) is 2. The maximum atomic E-state index is 10.8. The van der Waals surface area contributed by atoms with E-state index in [2.05, 4.69) is 18.1 Å². The Labute approximate surface area is 108 Å². The predicted octanol–water partition coefficient (Wildman–Crippen LogP) is 1.89. The minimum atomic E-state index is -0.781. The molecule has 0 aliphatic carbocycles. The molecule has 0 heterocycles. The molecule has 0 saturated carbocycles. The zero-order valence-corrected chi connectivity index (χ0v) is 10.7. The summed E-state index contributed by atoms with van der Waals surface area (Å²) in [5.74, 6) is 1.41. The molecule has 0 radical (unpaired) electrons. The monoisotopic (exact) mass is 245 g/mol. The van der Waals surface area contributed by atoms with Gasteiger partial charge in [0.1, 0.15) is 0 Å². The van der Waals surface area contributed by atoms with Gasteiger partial charge < -0.3 is 5.11 Å². The molecule has 0 saturated heterocycles. The fraction of sp³-hybridized carbons (Fsp3) is 0.400. The van der Waals surface area contributed by atoms with Gasteiger partial charge in [-0.3, -0.25) is 9.69 Å². The lowest BCUT2D eigenvalue weighted by molar-refractivity contribution is -0.141. The molecule has 0 bridgehead atoms. The van der Waals surface area contributed by atoms with E-state index < -0.39 is 11.9 Å². The van der Waals surface area contributed by atoms with Crippen LogP contribution in [0.5, 0.6) is 0 Å². The van der Waals surface area contributed by atoms with Crippen molar-refractivity contribution in [1.29, 1.82) is 0 Å². The quantitative estimate of drug-likeness (QED) is 0.746. The predicted molar refractivity (Wildman–Crippen MR) is 72.2 cm³/mol. The molecule has 96 valence electrons. The third-order valence-corrected chi connectivity index (χ3v) is 2.83. The Morgan fingerprint density at radius 2 is 2.11 bits per heavy atom. The summed E-state index contributed by atoms with van der Waals surface area (Å²) in [5, 5.41) is 8.91. The highest BCUT2D eigenvalue weighted by Crippen LogP contribution is 2.04. The van der Waals surface area contributed by atoms with Crippen molar-refractivity contribution in [2.45, 2.75) is 13.3 Å². The van der Waals surface area contributed by atoms with E-state index in [0.29, 0.717) is 13.1 Å². The molecule has 3 nitrogen and oxygen atoms in total. The highest BCUT2D eigenvalue weighted by molar-refractivity contribution is 5.69. The summed E-state index contributed by atoms with van der Waals surface area (Å²) in [7, 11) is 0. The molecule has 1 N–H and O–H groups in total. The molecule has 0 amide bonds. The number of rotatable bonds is 7. The zero-order chi connectivity index (χ0) is 13.4. The lowest BCUT2D eigenvalue weighted by atomic mass is 10.1. The van der Waals surface area contributed by atoms with Crippen LogP contribution < -0.4 is 0 Å². The summed E-state index contributed by atoms with van der Waals surface area (Å²) in [6.07, 6.45) is 6.19. The summed E-state index contributed by atoms with van der Waals surface area (Å²) in [4.78, 5) is 12.8. The van der Waals surface area contributed by atoms with Gasteiger partial charge in [-0.1, -0.05) is 43.2 Å². The van der Waals surface area contributed by atoms with Crippen LogP contribution in [0.2, 0.25) is 0 Å². The molecule has 3 heteroatoms. The van der Waals surface area contributed by atoms with Gasteiger partial charge in [-0.2, -0.15) is 0 Å². The number of carbonyl (C=O) groups is 1. The van der Waals surface area contributed by atoms with Crippen LogP contribution in [0.3, 0.4) is 0 Å². The first-order chi connectivity index (χ1) is 8.63. The van der Waals surface area contributed by atoms with Crippen LogP contribution in [0.1, 0.15) is 12.5 Å². The van der Waals surface area contributed by atoms with Gasteiger partial charge >= 0.3 is 5.97 Å². The van der Waals surface area contributed by atoms with Crippen molar-refractivity contribution >= 4 is 5.97 Å². The fourth-order valence-electron chi connectivity index (χ4n) is 1.76. The minimum Gasteiger partial charge on any atom is -0.481 e. The molecule has 1 aromatic carbocycles. The molecular formula is C15H19NO2. The maximum absolute atomic E-state index is 10.8. The van der Waals surface area contributed by atoms with Crippen LogP contribution in [0.15, 0.2) is 30.3 Å². The Bertz CT molecular complexity index is 408. The van der Waals surface area contributed by atoms with Crippen molar-refractivity contribution in [3.8, 4) is 12.3 Å². The van der Waals surface area contributed by atoms with Crippen molar-refractivity contribution in [2.24, 2.45) is 5.92 Å². The second-order valence-electron chi connectivity index (χ2n) is 4.41. The average Bonchev–Trinajstić information content (AvgIpc) is 2.37. The molecule has 1 rings (SSSR count).